The zero-order valence-electron chi connectivity index (χ0n) is 12.1. The van der Waals surface area contributed by atoms with Crippen LogP contribution in [0, 0.1) is 17.6 Å². The molecule has 0 saturated heterocycles. The van der Waals surface area contributed by atoms with Crippen molar-refractivity contribution in [3.63, 3.8) is 0 Å². The van der Waals surface area contributed by atoms with Gasteiger partial charge in [0, 0.05) is 18.2 Å². The molecule has 1 fully saturated rings. The Kier molecular flexibility index (Phi) is 5.72. The second kappa shape index (κ2) is 7.53. The Morgan fingerprint density at radius 3 is 2.65 bits per heavy atom. The number of hydrogen-bond acceptors (Lipinski definition) is 1. The van der Waals surface area contributed by atoms with Crippen molar-refractivity contribution in [3.8, 4) is 0 Å². The molecule has 1 aliphatic carbocycles. The van der Waals surface area contributed by atoms with Crippen LogP contribution in [0.2, 0.25) is 0 Å². The highest BCUT2D eigenvalue weighted by Crippen LogP contribution is 2.31. The number of likely N-dealkylation sites (N-methyl/N-ethyl adjacent to an activating group) is 1. The molecule has 110 valence electrons. The minimum Gasteiger partial charge on any atom is -0.313 e. The van der Waals surface area contributed by atoms with Gasteiger partial charge in [-0.25, -0.2) is 8.78 Å². The van der Waals surface area contributed by atoms with Crippen LogP contribution in [0.3, 0.4) is 0 Å². The summed E-state index contributed by atoms with van der Waals surface area (Å²) in [5, 5.41) is 3.33. The SMILES string of the molecule is CCNC/C(=C/c1ccc(F)cc1F)C1CCCCC1. The van der Waals surface area contributed by atoms with Crippen molar-refractivity contribution >= 4 is 6.08 Å². The summed E-state index contributed by atoms with van der Waals surface area (Å²) in [6, 6.07) is 3.80. The summed E-state index contributed by atoms with van der Waals surface area (Å²) in [5.74, 6) is -0.465. The van der Waals surface area contributed by atoms with E-state index in [0.717, 1.165) is 19.2 Å². The van der Waals surface area contributed by atoms with Crippen molar-refractivity contribution in [1.29, 1.82) is 0 Å². The molecule has 0 aromatic heterocycles. The number of hydrogen-bond donors (Lipinski definition) is 1. The summed E-state index contributed by atoms with van der Waals surface area (Å²) in [6.07, 6.45) is 8.07. The number of halogens is 2. The van der Waals surface area contributed by atoms with Crippen molar-refractivity contribution in [2.45, 2.75) is 39.0 Å². The van der Waals surface area contributed by atoms with Gasteiger partial charge in [-0.15, -0.1) is 0 Å². The molecule has 3 heteroatoms. The van der Waals surface area contributed by atoms with Crippen LogP contribution in [-0.4, -0.2) is 13.1 Å². The van der Waals surface area contributed by atoms with Crippen molar-refractivity contribution in [2.24, 2.45) is 5.92 Å². The summed E-state index contributed by atoms with van der Waals surface area (Å²) in [6.45, 7) is 3.75. The fourth-order valence-corrected chi connectivity index (χ4v) is 2.87. The molecule has 1 N–H and O–H groups in total. The summed E-state index contributed by atoms with van der Waals surface area (Å²) in [7, 11) is 0. The second-order valence-electron chi connectivity index (χ2n) is 5.50. The van der Waals surface area contributed by atoms with Gasteiger partial charge in [0.15, 0.2) is 0 Å². The van der Waals surface area contributed by atoms with E-state index in [-0.39, 0.29) is 0 Å². The van der Waals surface area contributed by atoms with E-state index in [1.807, 2.05) is 6.08 Å². The molecule has 1 nitrogen and oxygen atoms in total. The van der Waals surface area contributed by atoms with E-state index in [1.165, 1.54) is 49.8 Å². The Hall–Kier alpha value is -1.22. The number of rotatable bonds is 5. The van der Waals surface area contributed by atoms with E-state index in [4.69, 9.17) is 0 Å². The summed E-state index contributed by atoms with van der Waals surface area (Å²) < 4.78 is 26.8. The summed E-state index contributed by atoms with van der Waals surface area (Å²) >= 11 is 0. The lowest BCUT2D eigenvalue weighted by Gasteiger charge is -2.25. The maximum absolute atomic E-state index is 13.8. The van der Waals surface area contributed by atoms with Crippen molar-refractivity contribution in [1.82, 2.24) is 5.32 Å². The van der Waals surface area contributed by atoms with Gasteiger partial charge in [0.25, 0.3) is 0 Å². The lowest BCUT2D eigenvalue weighted by atomic mass is 9.83. The van der Waals surface area contributed by atoms with Gasteiger partial charge >= 0.3 is 0 Å². The monoisotopic (exact) mass is 279 g/mol. The molecule has 1 aliphatic rings. The maximum atomic E-state index is 13.8. The molecular formula is C17H23F2N. The molecule has 0 aliphatic heterocycles. The first-order valence-electron chi connectivity index (χ1n) is 7.57. The van der Waals surface area contributed by atoms with E-state index in [2.05, 4.69) is 12.2 Å². The Balaban J connectivity index is 2.21. The van der Waals surface area contributed by atoms with Gasteiger partial charge in [0.05, 0.1) is 0 Å². The van der Waals surface area contributed by atoms with Crippen LogP contribution >= 0.6 is 0 Å². The second-order valence-corrected chi connectivity index (χ2v) is 5.50. The van der Waals surface area contributed by atoms with E-state index in [1.54, 1.807) is 0 Å². The molecule has 0 radical (unpaired) electrons. The smallest absolute Gasteiger partial charge is 0.133 e. The molecule has 0 unspecified atom stereocenters. The molecule has 1 aromatic rings. The predicted octanol–water partition coefficient (Wildman–Crippen LogP) is 4.54. The van der Waals surface area contributed by atoms with Gasteiger partial charge in [-0.3, -0.25) is 0 Å². The average Bonchev–Trinajstić information content (AvgIpc) is 2.46. The van der Waals surface area contributed by atoms with Crippen LogP contribution in [0.1, 0.15) is 44.6 Å². The molecular weight excluding hydrogens is 256 g/mol. The number of nitrogens with one attached hydrogen (secondary N) is 1. The van der Waals surface area contributed by atoms with Crippen LogP contribution < -0.4 is 5.32 Å². The first kappa shape index (κ1) is 15.2. The highest BCUT2D eigenvalue weighted by molar-refractivity contribution is 5.54. The molecule has 1 saturated carbocycles. The molecule has 0 heterocycles. The average molecular weight is 279 g/mol. The van der Waals surface area contributed by atoms with Crippen LogP contribution in [0.25, 0.3) is 6.08 Å². The topological polar surface area (TPSA) is 12.0 Å². The van der Waals surface area contributed by atoms with Gasteiger partial charge in [0.2, 0.25) is 0 Å². The molecule has 0 bridgehead atoms. The lowest BCUT2D eigenvalue weighted by molar-refractivity contribution is 0.397. The summed E-state index contributed by atoms with van der Waals surface area (Å²) in [5.41, 5.74) is 1.74. The standard InChI is InChI=1S/C17H23F2N/c1-2-20-12-15(13-6-4-3-5-7-13)10-14-8-9-16(18)11-17(14)19/h8-11,13,20H,2-7,12H2,1H3/b15-10-. The third kappa shape index (κ3) is 4.14. The Labute approximate surface area is 120 Å². The lowest BCUT2D eigenvalue weighted by Crippen LogP contribution is -2.22. The highest BCUT2D eigenvalue weighted by atomic mass is 19.1. The first-order chi connectivity index (χ1) is 9.70. The highest BCUT2D eigenvalue weighted by Gasteiger charge is 2.18. The summed E-state index contributed by atoms with van der Waals surface area (Å²) in [4.78, 5) is 0. The Bertz CT molecular complexity index is 462. The molecule has 0 atom stereocenters. The van der Waals surface area contributed by atoms with E-state index < -0.39 is 11.6 Å². The molecule has 20 heavy (non-hydrogen) atoms. The first-order valence-corrected chi connectivity index (χ1v) is 7.57. The largest absolute Gasteiger partial charge is 0.313 e. The molecule has 2 rings (SSSR count). The van der Waals surface area contributed by atoms with Crippen LogP contribution in [0.15, 0.2) is 23.8 Å². The quantitative estimate of drug-likeness (QED) is 0.834. The van der Waals surface area contributed by atoms with Gasteiger partial charge in [-0.1, -0.05) is 37.8 Å². The Morgan fingerprint density at radius 2 is 2.00 bits per heavy atom. The van der Waals surface area contributed by atoms with Gasteiger partial charge in [-0.2, -0.15) is 0 Å². The van der Waals surface area contributed by atoms with E-state index >= 15 is 0 Å². The van der Waals surface area contributed by atoms with Gasteiger partial charge in [0.1, 0.15) is 11.6 Å². The van der Waals surface area contributed by atoms with Crippen molar-refractivity contribution in [2.75, 3.05) is 13.1 Å². The third-order valence-electron chi connectivity index (χ3n) is 4.01. The van der Waals surface area contributed by atoms with E-state index in [0.29, 0.717) is 11.5 Å². The minimum atomic E-state index is -0.523. The molecule has 0 amide bonds. The fraction of sp³-hybridized carbons (Fsp3) is 0.529. The third-order valence-corrected chi connectivity index (χ3v) is 4.01. The van der Waals surface area contributed by atoms with Crippen LogP contribution in [0.4, 0.5) is 8.78 Å². The van der Waals surface area contributed by atoms with Crippen LogP contribution in [0.5, 0.6) is 0 Å². The maximum Gasteiger partial charge on any atom is 0.133 e. The molecule has 0 spiro atoms. The van der Waals surface area contributed by atoms with Crippen molar-refractivity contribution in [3.05, 3.63) is 41.0 Å². The molecule has 1 aromatic carbocycles. The van der Waals surface area contributed by atoms with Gasteiger partial charge in [-0.05, 0) is 37.4 Å². The van der Waals surface area contributed by atoms with Crippen LogP contribution in [-0.2, 0) is 0 Å². The Morgan fingerprint density at radius 1 is 1.25 bits per heavy atom. The predicted molar refractivity (Wildman–Crippen MR) is 79.5 cm³/mol. The fourth-order valence-electron chi connectivity index (χ4n) is 2.87. The van der Waals surface area contributed by atoms with Gasteiger partial charge < -0.3 is 5.32 Å². The normalized spacial score (nSPS) is 17.4. The number of benzene rings is 1. The van der Waals surface area contributed by atoms with E-state index in [9.17, 15) is 8.78 Å². The van der Waals surface area contributed by atoms with Crippen molar-refractivity contribution < 1.29 is 8.78 Å². The minimum absolute atomic E-state index is 0.477. The zero-order chi connectivity index (χ0) is 14.4. The zero-order valence-corrected chi connectivity index (χ0v) is 12.1.